The van der Waals surface area contributed by atoms with Crippen LogP contribution in [0.1, 0.15) is 68.5 Å². The molecule has 4 rings (SSSR count). The Kier molecular flexibility index (Phi) is 5.93. The Morgan fingerprint density at radius 3 is 2.47 bits per heavy atom. The van der Waals surface area contributed by atoms with Crippen molar-refractivity contribution in [1.82, 2.24) is 0 Å². The van der Waals surface area contributed by atoms with Crippen molar-refractivity contribution >= 4 is 24.2 Å². The van der Waals surface area contributed by atoms with Gasteiger partial charge >= 0.3 is 17.9 Å². The number of hydrogen-bond acceptors (Lipinski definition) is 10. The molecule has 4 bridgehead atoms. The molecular formula is C24H28O10. The van der Waals surface area contributed by atoms with Gasteiger partial charge in [0.05, 0.1) is 5.56 Å². The van der Waals surface area contributed by atoms with Gasteiger partial charge in [0.1, 0.15) is 35.4 Å². The molecule has 1 aromatic rings. The summed E-state index contributed by atoms with van der Waals surface area (Å²) in [5.74, 6) is -1.93. The zero-order chi connectivity index (χ0) is 25.0. The lowest BCUT2D eigenvalue weighted by Gasteiger charge is -2.32. The van der Waals surface area contributed by atoms with E-state index in [0.29, 0.717) is 17.6 Å². The van der Waals surface area contributed by atoms with Crippen LogP contribution in [0.15, 0.2) is 22.6 Å². The molecule has 1 N–H and O–H groups in total. The van der Waals surface area contributed by atoms with Gasteiger partial charge < -0.3 is 28.5 Å². The first-order valence-electron chi connectivity index (χ1n) is 11.1. The highest BCUT2D eigenvalue weighted by Gasteiger charge is 2.78. The third kappa shape index (κ3) is 4.05. The molecule has 184 valence electrons. The number of esters is 3. The second kappa shape index (κ2) is 8.35. The summed E-state index contributed by atoms with van der Waals surface area (Å²) in [6, 6.07) is 1.42. The molecule has 34 heavy (non-hydrogen) atoms. The van der Waals surface area contributed by atoms with Crippen LogP contribution >= 0.6 is 0 Å². The van der Waals surface area contributed by atoms with Gasteiger partial charge in [-0.2, -0.15) is 0 Å². The lowest BCUT2D eigenvalue weighted by atomic mass is 9.83. The van der Waals surface area contributed by atoms with Crippen LogP contribution < -0.4 is 0 Å². The molecule has 0 aliphatic carbocycles. The summed E-state index contributed by atoms with van der Waals surface area (Å²) in [6.07, 6.45) is -3.08. The van der Waals surface area contributed by atoms with Crippen LogP contribution in [0.3, 0.4) is 0 Å². The third-order valence-corrected chi connectivity index (χ3v) is 6.73. The summed E-state index contributed by atoms with van der Waals surface area (Å²) < 4.78 is 28.2. The van der Waals surface area contributed by atoms with E-state index in [4.69, 9.17) is 23.4 Å². The van der Waals surface area contributed by atoms with Gasteiger partial charge in [-0.15, -0.1) is 0 Å². The molecule has 0 saturated carbocycles. The lowest BCUT2D eigenvalue weighted by Crippen LogP contribution is -2.42. The SMILES string of the molecule is C=C(C)[C@@H]1Cc2oc(cc2C=O)[C@@H](OC(C)=O)[C@@](C)(O)C[C@H]2OC(=O)C3(O[C@H]23)[C@@H](OC(C)=O)C1. The van der Waals surface area contributed by atoms with E-state index >= 15 is 0 Å². The highest BCUT2D eigenvalue weighted by atomic mass is 16.7. The van der Waals surface area contributed by atoms with Gasteiger partial charge in [-0.05, 0) is 32.3 Å². The average Bonchev–Trinajstić information content (AvgIpc) is 3.27. The quantitative estimate of drug-likeness (QED) is 0.225. The molecule has 7 atom stereocenters. The van der Waals surface area contributed by atoms with Crippen LogP contribution in [-0.4, -0.2) is 58.8 Å². The Hall–Kier alpha value is -2.98. The van der Waals surface area contributed by atoms with E-state index < -0.39 is 53.5 Å². The van der Waals surface area contributed by atoms with Gasteiger partial charge in [0.15, 0.2) is 12.4 Å². The highest BCUT2D eigenvalue weighted by Crippen LogP contribution is 2.54. The van der Waals surface area contributed by atoms with Crippen LogP contribution in [0.4, 0.5) is 0 Å². The number of epoxide rings is 1. The van der Waals surface area contributed by atoms with Crippen molar-refractivity contribution in [2.75, 3.05) is 0 Å². The lowest BCUT2D eigenvalue weighted by molar-refractivity contribution is -0.177. The Bertz CT molecular complexity index is 1050. The van der Waals surface area contributed by atoms with Gasteiger partial charge in [0.2, 0.25) is 5.60 Å². The normalized spacial score (nSPS) is 36.6. The second-order valence-corrected chi connectivity index (χ2v) is 9.55. The molecule has 1 unspecified atom stereocenters. The second-order valence-electron chi connectivity index (χ2n) is 9.55. The summed E-state index contributed by atoms with van der Waals surface area (Å²) in [5.41, 5.74) is -2.31. The fraction of sp³-hybridized carbons (Fsp3) is 0.583. The minimum Gasteiger partial charge on any atom is -0.461 e. The van der Waals surface area contributed by atoms with Gasteiger partial charge in [-0.1, -0.05) is 12.2 Å². The summed E-state index contributed by atoms with van der Waals surface area (Å²) in [6.45, 7) is 9.64. The minimum absolute atomic E-state index is 0.0841. The molecule has 0 aromatic carbocycles. The molecule has 0 amide bonds. The van der Waals surface area contributed by atoms with Gasteiger partial charge in [-0.3, -0.25) is 14.4 Å². The first-order chi connectivity index (χ1) is 15.9. The fourth-order valence-corrected chi connectivity index (χ4v) is 5.00. The summed E-state index contributed by atoms with van der Waals surface area (Å²) >= 11 is 0. The van der Waals surface area contributed by atoms with E-state index in [2.05, 4.69) is 6.58 Å². The van der Waals surface area contributed by atoms with Crippen LogP contribution in [0.5, 0.6) is 0 Å². The van der Waals surface area contributed by atoms with E-state index in [1.54, 1.807) is 6.92 Å². The Morgan fingerprint density at radius 2 is 1.91 bits per heavy atom. The monoisotopic (exact) mass is 476 g/mol. The first kappa shape index (κ1) is 24.2. The van der Waals surface area contributed by atoms with Crippen molar-refractivity contribution < 1.29 is 47.6 Å². The number of aldehydes is 1. The molecule has 1 aromatic heterocycles. The van der Waals surface area contributed by atoms with Crippen molar-refractivity contribution in [3.8, 4) is 0 Å². The predicted molar refractivity (Wildman–Crippen MR) is 114 cm³/mol. The maximum Gasteiger partial charge on any atom is 0.345 e. The van der Waals surface area contributed by atoms with Gasteiger partial charge in [0, 0.05) is 26.7 Å². The van der Waals surface area contributed by atoms with E-state index in [9.17, 15) is 24.3 Å². The number of hydrogen-bond donors (Lipinski definition) is 1. The molecule has 0 radical (unpaired) electrons. The Balaban J connectivity index is 1.83. The first-order valence-corrected chi connectivity index (χ1v) is 11.1. The minimum atomic E-state index is -1.76. The van der Waals surface area contributed by atoms with Crippen LogP contribution in [0.25, 0.3) is 0 Å². The predicted octanol–water partition coefficient (Wildman–Crippen LogP) is 1.97. The molecule has 10 heteroatoms. The van der Waals surface area contributed by atoms with Crippen LogP contribution in [0.2, 0.25) is 0 Å². The summed E-state index contributed by atoms with van der Waals surface area (Å²) in [7, 11) is 0. The average molecular weight is 476 g/mol. The maximum absolute atomic E-state index is 12.9. The number of aliphatic hydroxyl groups is 1. The van der Waals surface area contributed by atoms with E-state index in [0.717, 1.165) is 0 Å². The Labute approximate surface area is 196 Å². The summed E-state index contributed by atoms with van der Waals surface area (Å²) in [4.78, 5) is 48.5. The topological polar surface area (TPSA) is 142 Å². The fourth-order valence-electron chi connectivity index (χ4n) is 5.00. The number of ether oxygens (including phenoxy) is 4. The molecule has 4 heterocycles. The van der Waals surface area contributed by atoms with Crippen molar-refractivity contribution in [3.63, 3.8) is 0 Å². The van der Waals surface area contributed by atoms with Crippen LogP contribution in [-0.2, 0) is 39.8 Å². The molecule has 10 nitrogen and oxygen atoms in total. The number of furan rings is 1. The maximum atomic E-state index is 12.9. The molecule has 0 spiro atoms. The largest absolute Gasteiger partial charge is 0.461 e. The number of allylic oxidation sites excluding steroid dienone is 1. The smallest absolute Gasteiger partial charge is 0.345 e. The van der Waals surface area contributed by atoms with Crippen molar-refractivity contribution in [3.05, 3.63) is 35.3 Å². The van der Waals surface area contributed by atoms with E-state index in [1.807, 2.05) is 0 Å². The third-order valence-electron chi connectivity index (χ3n) is 6.73. The number of carbonyl (C=O) groups excluding carboxylic acids is 4. The Morgan fingerprint density at radius 1 is 1.24 bits per heavy atom. The molecule has 2 fully saturated rings. The molecule has 3 aliphatic rings. The summed E-state index contributed by atoms with van der Waals surface area (Å²) in [5, 5.41) is 11.4. The van der Waals surface area contributed by atoms with E-state index in [-0.39, 0.29) is 36.5 Å². The van der Waals surface area contributed by atoms with Crippen molar-refractivity contribution in [1.29, 1.82) is 0 Å². The number of rotatable bonds is 4. The van der Waals surface area contributed by atoms with E-state index in [1.165, 1.54) is 26.8 Å². The molecule has 2 saturated heterocycles. The van der Waals surface area contributed by atoms with Crippen molar-refractivity contribution in [2.24, 2.45) is 5.92 Å². The molecular weight excluding hydrogens is 448 g/mol. The zero-order valence-electron chi connectivity index (χ0n) is 19.5. The van der Waals surface area contributed by atoms with Crippen LogP contribution in [0, 0.1) is 5.92 Å². The van der Waals surface area contributed by atoms with Crippen molar-refractivity contribution in [2.45, 2.75) is 82.6 Å². The van der Waals surface area contributed by atoms with Gasteiger partial charge in [0.25, 0.3) is 0 Å². The number of fused-ring (bicyclic) bond motifs is 2. The highest BCUT2D eigenvalue weighted by molar-refractivity contribution is 5.88. The standard InChI is InChI=1S/C24H28O10/c1-11(2)14-6-16-15(10-25)7-17(32-16)20(31-13(4)27)23(5,29)9-18-21-24(34-21,22(28)33-18)19(8-14)30-12(3)26/h7,10,14,18-21,29H,1,6,8-9H2,2-5H3/t14-,18-,19+,20-,21-,23+,24?/m1/s1. The van der Waals surface area contributed by atoms with Gasteiger partial charge in [-0.25, -0.2) is 4.79 Å². The molecule has 3 aliphatic heterocycles. The zero-order valence-corrected chi connectivity index (χ0v) is 19.5. The number of carbonyl (C=O) groups is 4.